The number of para-hydroxylation sites is 6. The van der Waals surface area contributed by atoms with E-state index < -0.39 is 5.66 Å². The second kappa shape index (κ2) is 10.2. The van der Waals surface area contributed by atoms with E-state index in [0.717, 1.165) is 50.9 Å². The van der Waals surface area contributed by atoms with Crippen molar-refractivity contribution in [2.24, 2.45) is 5.10 Å². The van der Waals surface area contributed by atoms with E-state index in [2.05, 4.69) is 177 Å². The molecule has 5 heteroatoms. The van der Waals surface area contributed by atoms with Gasteiger partial charge in [-0.3, -0.25) is 10.3 Å². The quantitative estimate of drug-likeness (QED) is 0.230. The molecule has 1 unspecified atom stereocenters. The third-order valence-electron chi connectivity index (χ3n) is 8.27. The molecule has 0 fully saturated rings. The van der Waals surface area contributed by atoms with Gasteiger partial charge in [-0.2, -0.15) is 5.10 Å². The van der Waals surface area contributed by atoms with Gasteiger partial charge in [0.1, 0.15) is 6.34 Å². The summed E-state index contributed by atoms with van der Waals surface area (Å²) in [6, 6.07) is 57.6. The highest BCUT2D eigenvalue weighted by Crippen LogP contribution is 2.54. The summed E-state index contributed by atoms with van der Waals surface area (Å²) in [5, 5.41) is 4.59. The standard InChI is InChI=1S/C38H29N5/c1-4-14-29(15-5-1)38(40-39-28-41(38)31-16-6-2-7-17-31)30-24-26-33(27-25-30)43-36-22-12-10-20-34(36)42(32-18-8-3-9-19-32)35-21-11-13-23-37(35)43/h1-28,40H. The van der Waals surface area contributed by atoms with Gasteiger partial charge in [0.25, 0.3) is 0 Å². The maximum absolute atomic E-state index is 4.59. The highest BCUT2D eigenvalue weighted by molar-refractivity contribution is 6.01. The number of hydrogen-bond acceptors (Lipinski definition) is 5. The molecule has 6 aromatic rings. The van der Waals surface area contributed by atoms with E-state index >= 15 is 0 Å². The lowest BCUT2D eigenvalue weighted by molar-refractivity contribution is 0.460. The van der Waals surface area contributed by atoms with Crippen LogP contribution in [-0.4, -0.2) is 6.34 Å². The predicted molar refractivity (Wildman–Crippen MR) is 177 cm³/mol. The molecule has 2 aliphatic heterocycles. The van der Waals surface area contributed by atoms with Crippen LogP contribution in [0.15, 0.2) is 169 Å². The van der Waals surface area contributed by atoms with Crippen LogP contribution in [0.2, 0.25) is 0 Å². The number of anilines is 7. The molecule has 8 rings (SSSR count). The fourth-order valence-corrected chi connectivity index (χ4v) is 6.35. The van der Waals surface area contributed by atoms with Gasteiger partial charge in [-0.05, 0) is 60.7 Å². The van der Waals surface area contributed by atoms with Crippen molar-refractivity contribution in [3.63, 3.8) is 0 Å². The Morgan fingerprint density at radius 1 is 0.395 bits per heavy atom. The second-order valence-corrected chi connectivity index (χ2v) is 10.7. The Morgan fingerprint density at radius 2 is 0.791 bits per heavy atom. The van der Waals surface area contributed by atoms with E-state index in [1.165, 1.54) is 0 Å². The first-order valence-electron chi connectivity index (χ1n) is 14.5. The average molecular weight is 556 g/mol. The van der Waals surface area contributed by atoms with Crippen molar-refractivity contribution in [3.8, 4) is 0 Å². The summed E-state index contributed by atoms with van der Waals surface area (Å²) in [5.74, 6) is 0. The first-order valence-corrected chi connectivity index (χ1v) is 14.5. The number of hydrazone groups is 1. The molecule has 6 aromatic carbocycles. The Morgan fingerprint density at radius 3 is 1.30 bits per heavy atom. The van der Waals surface area contributed by atoms with Crippen LogP contribution in [0, 0.1) is 0 Å². The summed E-state index contributed by atoms with van der Waals surface area (Å²) in [7, 11) is 0. The minimum Gasteiger partial charge on any atom is -0.306 e. The van der Waals surface area contributed by atoms with E-state index in [9.17, 15) is 0 Å². The minimum absolute atomic E-state index is 0.692. The minimum atomic E-state index is -0.692. The zero-order chi connectivity index (χ0) is 28.6. The first kappa shape index (κ1) is 24.9. The van der Waals surface area contributed by atoms with Crippen molar-refractivity contribution in [3.05, 3.63) is 175 Å². The molecule has 43 heavy (non-hydrogen) atoms. The molecule has 0 aromatic heterocycles. The molecule has 2 heterocycles. The molecule has 206 valence electrons. The zero-order valence-electron chi connectivity index (χ0n) is 23.5. The Kier molecular flexibility index (Phi) is 5.93. The fraction of sp³-hybridized carbons (Fsp3) is 0.0263. The molecule has 0 bridgehead atoms. The third kappa shape index (κ3) is 3.97. The Hall–Kier alpha value is -5.81. The topological polar surface area (TPSA) is 34.1 Å². The van der Waals surface area contributed by atoms with Crippen LogP contribution in [-0.2, 0) is 5.66 Å². The molecule has 0 saturated carbocycles. The van der Waals surface area contributed by atoms with Gasteiger partial charge in [-0.1, -0.05) is 103 Å². The van der Waals surface area contributed by atoms with E-state index in [-0.39, 0.29) is 0 Å². The van der Waals surface area contributed by atoms with Crippen molar-refractivity contribution in [2.75, 3.05) is 14.7 Å². The number of rotatable bonds is 5. The zero-order valence-corrected chi connectivity index (χ0v) is 23.5. The lowest BCUT2D eigenvalue weighted by atomic mass is 9.89. The molecular formula is C38H29N5. The second-order valence-electron chi connectivity index (χ2n) is 10.7. The summed E-state index contributed by atoms with van der Waals surface area (Å²) in [6.07, 6.45) is 1.88. The smallest absolute Gasteiger partial charge is 0.183 e. The number of benzene rings is 6. The molecule has 0 radical (unpaired) electrons. The highest BCUT2D eigenvalue weighted by atomic mass is 15.5. The van der Waals surface area contributed by atoms with Gasteiger partial charge in [-0.25, -0.2) is 0 Å². The summed E-state index contributed by atoms with van der Waals surface area (Å²) >= 11 is 0. The van der Waals surface area contributed by atoms with Gasteiger partial charge in [0.15, 0.2) is 5.66 Å². The van der Waals surface area contributed by atoms with Gasteiger partial charge in [-0.15, -0.1) is 0 Å². The van der Waals surface area contributed by atoms with Crippen LogP contribution in [0.4, 0.5) is 39.8 Å². The fourth-order valence-electron chi connectivity index (χ4n) is 6.35. The molecule has 2 aliphatic rings. The van der Waals surface area contributed by atoms with Gasteiger partial charge in [0.05, 0.1) is 22.7 Å². The molecular weight excluding hydrogens is 526 g/mol. The van der Waals surface area contributed by atoms with Crippen molar-refractivity contribution < 1.29 is 0 Å². The van der Waals surface area contributed by atoms with Crippen LogP contribution in [0.3, 0.4) is 0 Å². The number of fused-ring (bicyclic) bond motifs is 2. The van der Waals surface area contributed by atoms with Crippen molar-refractivity contribution in [1.82, 2.24) is 5.43 Å². The van der Waals surface area contributed by atoms with Gasteiger partial charge in [0.2, 0.25) is 0 Å². The van der Waals surface area contributed by atoms with Crippen LogP contribution in [0.1, 0.15) is 11.1 Å². The third-order valence-corrected chi connectivity index (χ3v) is 8.27. The lowest BCUT2D eigenvalue weighted by Crippen LogP contribution is -2.50. The maximum atomic E-state index is 4.59. The summed E-state index contributed by atoms with van der Waals surface area (Å²) in [4.78, 5) is 6.91. The Balaban J connectivity index is 1.26. The molecule has 0 aliphatic carbocycles. The average Bonchev–Trinajstić information content (AvgIpc) is 3.55. The van der Waals surface area contributed by atoms with Crippen LogP contribution >= 0.6 is 0 Å². The van der Waals surface area contributed by atoms with E-state index in [1.807, 2.05) is 18.5 Å². The van der Waals surface area contributed by atoms with Gasteiger partial charge < -0.3 is 9.80 Å². The van der Waals surface area contributed by atoms with Crippen LogP contribution in [0.5, 0.6) is 0 Å². The normalized spacial score (nSPS) is 16.9. The van der Waals surface area contributed by atoms with Gasteiger partial charge >= 0.3 is 0 Å². The van der Waals surface area contributed by atoms with Crippen molar-refractivity contribution in [2.45, 2.75) is 5.66 Å². The number of nitrogens with zero attached hydrogens (tertiary/aromatic N) is 4. The molecule has 1 N–H and O–H groups in total. The molecule has 0 saturated heterocycles. The van der Waals surface area contributed by atoms with Crippen molar-refractivity contribution in [1.29, 1.82) is 0 Å². The number of hydrogen-bond donors (Lipinski definition) is 1. The Labute approximate surface area is 251 Å². The molecule has 0 amide bonds. The summed E-state index contributed by atoms with van der Waals surface area (Å²) in [6.45, 7) is 0. The maximum Gasteiger partial charge on any atom is 0.183 e. The van der Waals surface area contributed by atoms with E-state index in [4.69, 9.17) is 0 Å². The van der Waals surface area contributed by atoms with Gasteiger partial charge in [0, 0.05) is 28.2 Å². The van der Waals surface area contributed by atoms with Crippen LogP contribution < -0.4 is 20.1 Å². The van der Waals surface area contributed by atoms with E-state index in [1.54, 1.807) is 0 Å². The monoisotopic (exact) mass is 555 g/mol. The molecule has 1 atom stereocenters. The predicted octanol–water partition coefficient (Wildman–Crippen LogP) is 9.19. The molecule has 0 spiro atoms. The lowest BCUT2D eigenvalue weighted by Gasteiger charge is -2.41. The first-order chi connectivity index (χ1) is 21.3. The van der Waals surface area contributed by atoms with E-state index in [0.29, 0.717) is 0 Å². The number of nitrogens with one attached hydrogen (secondary N) is 1. The van der Waals surface area contributed by atoms with Crippen LogP contribution in [0.25, 0.3) is 0 Å². The Bertz CT molecular complexity index is 1860. The largest absolute Gasteiger partial charge is 0.306 e. The van der Waals surface area contributed by atoms with Crippen molar-refractivity contribution >= 4 is 46.2 Å². The summed E-state index contributed by atoms with van der Waals surface area (Å²) < 4.78 is 0. The highest BCUT2D eigenvalue weighted by Gasteiger charge is 2.43. The SMILES string of the molecule is C1=NNC(c2ccccc2)(c2ccc(N3c4ccccc4N(c4ccccc4)c4ccccc43)cc2)N1c1ccccc1. The molecule has 5 nitrogen and oxygen atoms in total. The summed E-state index contributed by atoms with van der Waals surface area (Å²) in [5.41, 5.74) is 12.8.